The summed E-state index contributed by atoms with van der Waals surface area (Å²) >= 11 is 0. The van der Waals surface area contributed by atoms with Crippen molar-refractivity contribution in [2.24, 2.45) is 5.10 Å². The van der Waals surface area contributed by atoms with E-state index < -0.39 is 0 Å². The van der Waals surface area contributed by atoms with Gasteiger partial charge in [0.25, 0.3) is 0 Å². The van der Waals surface area contributed by atoms with Crippen LogP contribution in [0.4, 0.5) is 10.1 Å². The third-order valence-electron chi connectivity index (χ3n) is 3.63. The Morgan fingerprint density at radius 2 is 1.78 bits per heavy atom. The monoisotopic (exact) mass is 308 g/mol. The highest BCUT2D eigenvalue weighted by atomic mass is 19.1. The zero-order chi connectivity index (χ0) is 16.2. The molecule has 1 N–H and O–H groups in total. The lowest BCUT2D eigenvalue weighted by molar-refractivity contribution is 0.627. The molecular formula is C18H17FN4. The van der Waals surface area contributed by atoms with E-state index in [9.17, 15) is 4.39 Å². The molecule has 0 amide bonds. The summed E-state index contributed by atoms with van der Waals surface area (Å²) in [5.74, 6) is -0.237. The molecule has 0 atom stereocenters. The number of aromatic nitrogens is 2. The molecule has 5 heteroatoms. The molecule has 0 radical (unpaired) electrons. The van der Waals surface area contributed by atoms with Gasteiger partial charge in [0.1, 0.15) is 5.82 Å². The second-order valence-electron chi connectivity index (χ2n) is 5.24. The Balaban J connectivity index is 1.84. The van der Waals surface area contributed by atoms with Gasteiger partial charge in [0.05, 0.1) is 11.9 Å². The average Bonchev–Trinajstić information content (AvgIpc) is 2.84. The average molecular weight is 308 g/mol. The standard InChI is InChI=1S/C18H17FN4/c1-13-11-15(12-21-22-17-7-9-20-10-8-17)14(2)23(13)18-5-3-16(19)4-6-18/h3-12H,1-2H3,(H,20,22)/b21-12-. The second kappa shape index (κ2) is 6.44. The molecule has 1 aromatic carbocycles. The summed E-state index contributed by atoms with van der Waals surface area (Å²) in [6.07, 6.45) is 5.19. The van der Waals surface area contributed by atoms with Crippen LogP contribution in [-0.4, -0.2) is 15.8 Å². The molecule has 0 aliphatic rings. The van der Waals surface area contributed by atoms with Crippen LogP contribution < -0.4 is 5.43 Å². The predicted octanol–water partition coefficient (Wildman–Crippen LogP) is 4.07. The van der Waals surface area contributed by atoms with Gasteiger partial charge in [0.2, 0.25) is 0 Å². The minimum Gasteiger partial charge on any atom is -0.318 e. The minimum atomic E-state index is -0.237. The lowest BCUT2D eigenvalue weighted by Crippen LogP contribution is -2.00. The van der Waals surface area contributed by atoms with E-state index in [1.54, 1.807) is 30.7 Å². The predicted molar refractivity (Wildman–Crippen MR) is 90.7 cm³/mol. The van der Waals surface area contributed by atoms with Gasteiger partial charge in [0.15, 0.2) is 0 Å². The van der Waals surface area contributed by atoms with Crippen LogP contribution in [0.25, 0.3) is 5.69 Å². The van der Waals surface area contributed by atoms with Crippen molar-refractivity contribution in [3.8, 4) is 5.69 Å². The Labute approximate surface area is 134 Å². The van der Waals surface area contributed by atoms with E-state index in [0.29, 0.717) is 0 Å². The van der Waals surface area contributed by atoms with Crippen molar-refractivity contribution in [3.63, 3.8) is 0 Å². The number of hydrogen-bond acceptors (Lipinski definition) is 3. The first-order valence-electron chi connectivity index (χ1n) is 7.29. The van der Waals surface area contributed by atoms with Gasteiger partial charge >= 0.3 is 0 Å². The SMILES string of the molecule is Cc1cc(/C=N\Nc2ccncc2)c(C)n1-c1ccc(F)cc1. The topological polar surface area (TPSA) is 42.2 Å². The molecule has 3 rings (SSSR count). The van der Waals surface area contributed by atoms with Gasteiger partial charge in [-0.05, 0) is 56.3 Å². The van der Waals surface area contributed by atoms with Crippen molar-refractivity contribution in [3.05, 3.63) is 77.6 Å². The zero-order valence-electron chi connectivity index (χ0n) is 13.0. The lowest BCUT2D eigenvalue weighted by Gasteiger charge is -2.09. The first-order chi connectivity index (χ1) is 11.1. The number of pyridine rings is 1. The molecule has 2 heterocycles. The van der Waals surface area contributed by atoms with Crippen molar-refractivity contribution in [1.82, 2.24) is 9.55 Å². The Morgan fingerprint density at radius 1 is 1.09 bits per heavy atom. The molecule has 0 aliphatic carbocycles. The number of rotatable bonds is 4. The van der Waals surface area contributed by atoms with E-state index in [1.165, 1.54) is 12.1 Å². The van der Waals surface area contributed by atoms with Crippen LogP contribution in [0, 0.1) is 19.7 Å². The fraction of sp³-hybridized carbons (Fsp3) is 0.111. The first kappa shape index (κ1) is 15.0. The normalized spacial score (nSPS) is 11.1. The summed E-state index contributed by atoms with van der Waals surface area (Å²) in [7, 11) is 0. The van der Waals surface area contributed by atoms with E-state index in [0.717, 1.165) is 28.3 Å². The number of halogens is 1. The van der Waals surface area contributed by atoms with Crippen molar-refractivity contribution < 1.29 is 4.39 Å². The molecule has 116 valence electrons. The second-order valence-corrected chi connectivity index (χ2v) is 5.24. The van der Waals surface area contributed by atoms with Crippen LogP contribution in [0.5, 0.6) is 0 Å². The van der Waals surface area contributed by atoms with Crippen LogP contribution >= 0.6 is 0 Å². The molecule has 2 aromatic heterocycles. The zero-order valence-corrected chi connectivity index (χ0v) is 13.0. The summed E-state index contributed by atoms with van der Waals surface area (Å²) in [6.45, 7) is 4.04. The van der Waals surface area contributed by atoms with Gasteiger partial charge in [-0.1, -0.05) is 0 Å². The molecule has 4 nitrogen and oxygen atoms in total. The highest BCUT2D eigenvalue weighted by molar-refractivity contribution is 5.82. The van der Waals surface area contributed by atoms with Gasteiger partial charge in [-0.3, -0.25) is 10.4 Å². The number of hydrazone groups is 1. The number of anilines is 1. The number of nitrogens with one attached hydrogen (secondary N) is 1. The molecule has 3 aromatic rings. The Kier molecular flexibility index (Phi) is 4.19. The van der Waals surface area contributed by atoms with Crippen molar-refractivity contribution >= 4 is 11.9 Å². The van der Waals surface area contributed by atoms with E-state index in [-0.39, 0.29) is 5.82 Å². The summed E-state index contributed by atoms with van der Waals surface area (Å²) < 4.78 is 15.2. The smallest absolute Gasteiger partial charge is 0.123 e. The summed E-state index contributed by atoms with van der Waals surface area (Å²) in [5.41, 5.74) is 7.91. The van der Waals surface area contributed by atoms with Crippen LogP contribution in [0.3, 0.4) is 0 Å². The third kappa shape index (κ3) is 3.29. The molecule has 0 aliphatic heterocycles. The fourth-order valence-electron chi connectivity index (χ4n) is 2.51. The molecule has 0 saturated heterocycles. The maximum atomic E-state index is 13.1. The highest BCUT2D eigenvalue weighted by Gasteiger charge is 2.09. The highest BCUT2D eigenvalue weighted by Crippen LogP contribution is 2.20. The summed E-state index contributed by atoms with van der Waals surface area (Å²) in [6, 6.07) is 12.2. The van der Waals surface area contributed by atoms with Crippen molar-refractivity contribution in [2.75, 3.05) is 5.43 Å². The van der Waals surface area contributed by atoms with Crippen LogP contribution in [0.1, 0.15) is 17.0 Å². The molecule has 0 spiro atoms. The van der Waals surface area contributed by atoms with Crippen LogP contribution in [-0.2, 0) is 0 Å². The van der Waals surface area contributed by atoms with Crippen molar-refractivity contribution in [2.45, 2.75) is 13.8 Å². The number of nitrogens with zero attached hydrogens (tertiary/aromatic N) is 3. The van der Waals surface area contributed by atoms with Crippen LogP contribution in [0.2, 0.25) is 0 Å². The molecule has 0 unspecified atom stereocenters. The Bertz CT molecular complexity index is 820. The van der Waals surface area contributed by atoms with Crippen molar-refractivity contribution in [1.29, 1.82) is 0 Å². The van der Waals surface area contributed by atoms with Crippen LogP contribution in [0.15, 0.2) is 60.0 Å². The fourth-order valence-corrected chi connectivity index (χ4v) is 2.51. The quantitative estimate of drug-likeness (QED) is 0.583. The third-order valence-corrected chi connectivity index (χ3v) is 3.63. The molecule has 0 fully saturated rings. The van der Waals surface area contributed by atoms with Gasteiger partial charge in [0, 0.05) is 35.0 Å². The molecule has 0 saturated carbocycles. The van der Waals surface area contributed by atoms with E-state index in [4.69, 9.17) is 0 Å². The number of aryl methyl sites for hydroxylation is 1. The van der Waals surface area contributed by atoms with Gasteiger partial charge < -0.3 is 4.57 Å². The molecular weight excluding hydrogens is 291 g/mol. The van der Waals surface area contributed by atoms with Gasteiger partial charge in [-0.25, -0.2) is 4.39 Å². The summed E-state index contributed by atoms with van der Waals surface area (Å²) in [4.78, 5) is 3.96. The molecule has 23 heavy (non-hydrogen) atoms. The maximum Gasteiger partial charge on any atom is 0.123 e. The van der Waals surface area contributed by atoms with E-state index >= 15 is 0 Å². The van der Waals surface area contributed by atoms with E-state index in [2.05, 4.69) is 26.1 Å². The maximum absolute atomic E-state index is 13.1. The van der Waals surface area contributed by atoms with E-state index in [1.807, 2.05) is 26.0 Å². The number of hydrogen-bond donors (Lipinski definition) is 1. The first-order valence-corrected chi connectivity index (χ1v) is 7.29. The Hall–Kier alpha value is -2.95. The Morgan fingerprint density at radius 3 is 2.48 bits per heavy atom. The largest absolute Gasteiger partial charge is 0.318 e. The number of benzene rings is 1. The lowest BCUT2D eigenvalue weighted by atomic mass is 10.2. The van der Waals surface area contributed by atoms with Gasteiger partial charge in [-0.15, -0.1) is 0 Å². The molecule has 0 bridgehead atoms. The van der Waals surface area contributed by atoms with Gasteiger partial charge in [-0.2, -0.15) is 5.10 Å². The summed E-state index contributed by atoms with van der Waals surface area (Å²) in [5, 5.41) is 4.26. The minimum absolute atomic E-state index is 0.237.